The van der Waals surface area contributed by atoms with Crippen LogP contribution in [0.5, 0.6) is 0 Å². The number of benzene rings is 2. The van der Waals surface area contributed by atoms with Gasteiger partial charge in [-0.1, -0.05) is 46.3 Å². The first-order valence-electron chi connectivity index (χ1n) is 8.87. The third-order valence-electron chi connectivity index (χ3n) is 4.29. The van der Waals surface area contributed by atoms with Crippen molar-refractivity contribution < 1.29 is 13.9 Å². The first-order chi connectivity index (χ1) is 13.5. The molecule has 3 rings (SSSR count). The van der Waals surface area contributed by atoms with Gasteiger partial charge in [0.15, 0.2) is 0 Å². The van der Waals surface area contributed by atoms with E-state index in [1.165, 1.54) is 6.07 Å². The van der Waals surface area contributed by atoms with Crippen LogP contribution in [0.2, 0.25) is 0 Å². The number of anilines is 1. The molecule has 0 spiro atoms. The van der Waals surface area contributed by atoms with Crippen LogP contribution in [-0.2, 0) is 17.9 Å². The molecule has 0 aliphatic heterocycles. The molecule has 2 aromatic carbocycles. The van der Waals surface area contributed by atoms with Gasteiger partial charge in [0.05, 0.1) is 31.6 Å². The molecular formula is C21H21BrFN3O2. The van der Waals surface area contributed by atoms with Gasteiger partial charge in [0, 0.05) is 4.47 Å². The molecule has 1 heterocycles. The van der Waals surface area contributed by atoms with Crippen molar-refractivity contribution in [2.45, 2.75) is 27.0 Å². The molecule has 1 amide bonds. The maximum absolute atomic E-state index is 14.2. The van der Waals surface area contributed by atoms with Crippen molar-refractivity contribution in [3.63, 3.8) is 0 Å². The van der Waals surface area contributed by atoms with Crippen LogP contribution in [0.25, 0.3) is 0 Å². The maximum atomic E-state index is 14.2. The minimum atomic E-state index is -0.499. The van der Waals surface area contributed by atoms with E-state index in [-0.39, 0.29) is 5.69 Å². The zero-order valence-corrected chi connectivity index (χ0v) is 17.3. The smallest absolute Gasteiger partial charge is 0.274 e. The number of aryl methyl sites for hydroxylation is 2. The lowest BCUT2D eigenvalue weighted by atomic mass is 10.2. The second-order valence-electron chi connectivity index (χ2n) is 6.47. The van der Waals surface area contributed by atoms with Crippen LogP contribution in [0.4, 0.5) is 10.1 Å². The van der Waals surface area contributed by atoms with Gasteiger partial charge in [-0.25, -0.2) is 4.39 Å². The molecule has 146 valence electrons. The van der Waals surface area contributed by atoms with E-state index >= 15 is 0 Å². The Morgan fingerprint density at radius 1 is 1.21 bits per heavy atom. The average Bonchev–Trinajstić information content (AvgIpc) is 3.04. The Morgan fingerprint density at radius 3 is 2.71 bits per heavy atom. The van der Waals surface area contributed by atoms with E-state index in [1.54, 1.807) is 23.9 Å². The standard InChI is InChI=1S/C21H21BrFN3O2/c1-14-10-19(18(23)11-17(14)22)25-21(27)20-15(2)12-24-26(20)8-9-28-13-16-6-4-3-5-7-16/h3-7,10-12H,8-9,13H2,1-2H3,(H,25,27). The minimum Gasteiger partial charge on any atom is -0.375 e. The fourth-order valence-corrected chi connectivity index (χ4v) is 3.11. The molecule has 0 saturated heterocycles. The largest absolute Gasteiger partial charge is 0.375 e. The highest BCUT2D eigenvalue weighted by Crippen LogP contribution is 2.24. The van der Waals surface area contributed by atoms with Crippen LogP contribution in [0.3, 0.4) is 0 Å². The van der Waals surface area contributed by atoms with Crippen molar-refractivity contribution in [1.82, 2.24) is 9.78 Å². The monoisotopic (exact) mass is 445 g/mol. The maximum Gasteiger partial charge on any atom is 0.274 e. The molecule has 5 nitrogen and oxygen atoms in total. The fourth-order valence-electron chi connectivity index (χ4n) is 2.79. The van der Waals surface area contributed by atoms with Crippen LogP contribution in [-0.4, -0.2) is 22.3 Å². The van der Waals surface area contributed by atoms with E-state index in [2.05, 4.69) is 26.3 Å². The van der Waals surface area contributed by atoms with Gasteiger partial charge in [-0.2, -0.15) is 5.10 Å². The highest BCUT2D eigenvalue weighted by Gasteiger charge is 2.18. The molecule has 3 aromatic rings. The number of rotatable bonds is 7. The Hall–Kier alpha value is -2.51. The SMILES string of the molecule is Cc1cc(NC(=O)c2c(C)cnn2CCOCc2ccccc2)c(F)cc1Br. The van der Waals surface area contributed by atoms with Gasteiger partial charge in [0.2, 0.25) is 0 Å². The summed E-state index contributed by atoms with van der Waals surface area (Å²) in [5, 5.41) is 6.89. The molecule has 1 N–H and O–H groups in total. The number of carbonyl (C=O) groups excluding carboxylic acids is 1. The van der Waals surface area contributed by atoms with Gasteiger partial charge >= 0.3 is 0 Å². The summed E-state index contributed by atoms with van der Waals surface area (Å²) in [6.45, 7) is 4.95. The lowest BCUT2D eigenvalue weighted by Crippen LogP contribution is -2.21. The molecule has 0 aliphatic carbocycles. The molecule has 7 heteroatoms. The van der Waals surface area contributed by atoms with Gasteiger partial charge in [-0.3, -0.25) is 9.48 Å². The second-order valence-corrected chi connectivity index (χ2v) is 7.33. The summed E-state index contributed by atoms with van der Waals surface area (Å²) in [6, 6.07) is 12.8. The van der Waals surface area contributed by atoms with Crippen molar-refractivity contribution in [3.8, 4) is 0 Å². The van der Waals surface area contributed by atoms with E-state index in [4.69, 9.17) is 4.74 Å². The van der Waals surface area contributed by atoms with Gasteiger partial charge in [-0.05, 0) is 42.7 Å². The van der Waals surface area contributed by atoms with Gasteiger partial charge in [-0.15, -0.1) is 0 Å². The van der Waals surface area contributed by atoms with E-state index < -0.39 is 11.7 Å². The Morgan fingerprint density at radius 2 is 1.96 bits per heavy atom. The average molecular weight is 446 g/mol. The molecule has 0 bridgehead atoms. The summed E-state index contributed by atoms with van der Waals surface area (Å²) >= 11 is 3.28. The number of halogens is 2. The lowest BCUT2D eigenvalue weighted by Gasteiger charge is -2.12. The molecule has 1 aromatic heterocycles. The highest BCUT2D eigenvalue weighted by atomic mass is 79.9. The minimum absolute atomic E-state index is 0.137. The van der Waals surface area contributed by atoms with E-state index in [0.29, 0.717) is 29.9 Å². The van der Waals surface area contributed by atoms with Crippen LogP contribution >= 0.6 is 15.9 Å². The molecule has 0 atom stereocenters. The zero-order chi connectivity index (χ0) is 20.1. The molecule has 0 aliphatic rings. The summed E-state index contributed by atoms with van der Waals surface area (Å²) in [6.07, 6.45) is 1.62. The second kappa shape index (κ2) is 9.12. The van der Waals surface area contributed by atoms with Crippen molar-refractivity contribution in [2.24, 2.45) is 0 Å². The van der Waals surface area contributed by atoms with Crippen LogP contribution in [0.1, 0.15) is 27.2 Å². The number of aromatic nitrogens is 2. The van der Waals surface area contributed by atoms with Crippen molar-refractivity contribution in [3.05, 3.63) is 81.3 Å². The quantitative estimate of drug-likeness (QED) is 0.527. The number of ether oxygens (including phenoxy) is 1. The summed E-state index contributed by atoms with van der Waals surface area (Å²) in [4.78, 5) is 12.7. The summed E-state index contributed by atoms with van der Waals surface area (Å²) < 4.78 is 22.1. The van der Waals surface area contributed by atoms with Crippen LogP contribution in [0, 0.1) is 19.7 Å². The molecule has 0 radical (unpaired) electrons. The van der Waals surface area contributed by atoms with E-state index in [9.17, 15) is 9.18 Å². The molecule has 0 fully saturated rings. The van der Waals surface area contributed by atoms with Gasteiger partial charge in [0.25, 0.3) is 5.91 Å². The van der Waals surface area contributed by atoms with Crippen LogP contribution < -0.4 is 5.32 Å². The predicted molar refractivity (Wildman–Crippen MR) is 110 cm³/mol. The van der Waals surface area contributed by atoms with Crippen molar-refractivity contribution in [1.29, 1.82) is 0 Å². The summed E-state index contributed by atoms with van der Waals surface area (Å²) in [5.74, 6) is -0.903. The van der Waals surface area contributed by atoms with Gasteiger partial charge in [0.1, 0.15) is 11.5 Å². The number of hydrogen-bond donors (Lipinski definition) is 1. The number of nitrogens with zero attached hydrogens (tertiary/aromatic N) is 2. The molecular weight excluding hydrogens is 425 g/mol. The summed E-state index contributed by atoms with van der Waals surface area (Å²) in [7, 11) is 0. The third-order valence-corrected chi connectivity index (χ3v) is 5.15. The highest BCUT2D eigenvalue weighted by molar-refractivity contribution is 9.10. The Labute approximate surface area is 171 Å². The zero-order valence-electron chi connectivity index (χ0n) is 15.7. The number of carbonyl (C=O) groups is 1. The first kappa shape index (κ1) is 20.2. The Bertz CT molecular complexity index is 973. The molecule has 0 saturated carbocycles. The van der Waals surface area contributed by atoms with Gasteiger partial charge < -0.3 is 10.1 Å². The van der Waals surface area contributed by atoms with Crippen LogP contribution in [0.15, 0.2) is 53.1 Å². The third kappa shape index (κ3) is 4.85. The topological polar surface area (TPSA) is 56.2 Å². The van der Waals surface area contributed by atoms with E-state index in [0.717, 1.165) is 16.7 Å². The number of hydrogen-bond acceptors (Lipinski definition) is 3. The Kier molecular flexibility index (Phi) is 6.59. The molecule has 28 heavy (non-hydrogen) atoms. The number of nitrogens with one attached hydrogen (secondary N) is 1. The normalized spacial score (nSPS) is 10.9. The fraction of sp³-hybridized carbons (Fsp3) is 0.238. The van der Waals surface area contributed by atoms with Crippen molar-refractivity contribution >= 4 is 27.5 Å². The summed E-state index contributed by atoms with van der Waals surface area (Å²) in [5.41, 5.74) is 3.16. The molecule has 0 unspecified atom stereocenters. The van der Waals surface area contributed by atoms with E-state index in [1.807, 2.05) is 37.3 Å². The Balaban J connectivity index is 1.65. The number of amides is 1. The first-order valence-corrected chi connectivity index (χ1v) is 9.66. The van der Waals surface area contributed by atoms with Crippen molar-refractivity contribution in [2.75, 3.05) is 11.9 Å². The predicted octanol–water partition coefficient (Wildman–Crippen LogP) is 4.87. The lowest BCUT2D eigenvalue weighted by molar-refractivity contribution is 0.0986.